The molecule has 1 aromatic carbocycles. The lowest BCUT2D eigenvalue weighted by atomic mass is 10.1. The van der Waals surface area contributed by atoms with Crippen LogP contribution in [0.25, 0.3) is 0 Å². The van der Waals surface area contributed by atoms with Crippen LogP contribution in [-0.2, 0) is 6.42 Å². The van der Waals surface area contributed by atoms with Crippen molar-refractivity contribution in [2.45, 2.75) is 26.2 Å². The van der Waals surface area contributed by atoms with E-state index in [-0.39, 0.29) is 0 Å². The van der Waals surface area contributed by atoms with Gasteiger partial charge in [-0.2, -0.15) is 0 Å². The summed E-state index contributed by atoms with van der Waals surface area (Å²) in [7, 11) is 0. The molecule has 0 unspecified atom stereocenters. The van der Waals surface area contributed by atoms with Gasteiger partial charge in [-0.1, -0.05) is 36.8 Å². The fraction of sp³-hybridized carbons (Fsp3) is 0.286. The maximum atomic E-state index is 5.63. The van der Waals surface area contributed by atoms with Crippen LogP contribution in [0.1, 0.15) is 25.3 Å². The first-order valence-corrected chi connectivity index (χ1v) is 6.95. The summed E-state index contributed by atoms with van der Waals surface area (Å²) >= 11 is 1.44. The smallest absolute Gasteiger partial charge is 0.140 e. The zero-order valence-electron chi connectivity index (χ0n) is 10.5. The van der Waals surface area contributed by atoms with Crippen LogP contribution in [0.3, 0.4) is 0 Å². The van der Waals surface area contributed by atoms with Crippen LogP contribution in [0.5, 0.6) is 0 Å². The molecule has 18 heavy (non-hydrogen) atoms. The third kappa shape index (κ3) is 3.67. The highest BCUT2D eigenvalue weighted by Gasteiger charge is 1.96. The van der Waals surface area contributed by atoms with Crippen molar-refractivity contribution in [2.24, 2.45) is 10.2 Å². The van der Waals surface area contributed by atoms with E-state index in [1.807, 2.05) is 24.3 Å². The second-order valence-corrected chi connectivity index (χ2v) is 5.24. The molecule has 0 aliphatic carbocycles. The maximum absolute atomic E-state index is 5.63. The summed E-state index contributed by atoms with van der Waals surface area (Å²) in [4.78, 5) is 0. The minimum absolute atomic E-state index is 0.763. The number of hydrogen-bond donors (Lipinski definition) is 1. The van der Waals surface area contributed by atoms with Gasteiger partial charge in [0.25, 0.3) is 0 Å². The van der Waals surface area contributed by atoms with E-state index in [2.05, 4.69) is 29.3 Å². The molecule has 1 aromatic heterocycles. The zero-order valence-corrected chi connectivity index (χ0v) is 11.3. The molecule has 3 nitrogen and oxygen atoms in total. The third-order valence-corrected chi connectivity index (χ3v) is 3.43. The van der Waals surface area contributed by atoms with Gasteiger partial charge < -0.3 is 5.73 Å². The number of benzene rings is 1. The highest BCUT2D eigenvalue weighted by atomic mass is 32.1. The van der Waals surface area contributed by atoms with Crippen LogP contribution in [0, 0.1) is 0 Å². The molecule has 1 heterocycles. The van der Waals surface area contributed by atoms with Crippen molar-refractivity contribution in [2.75, 3.05) is 5.73 Å². The van der Waals surface area contributed by atoms with E-state index >= 15 is 0 Å². The van der Waals surface area contributed by atoms with Crippen molar-refractivity contribution < 1.29 is 0 Å². The van der Waals surface area contributed by atoms with Gasteiger partial charge in [-0.25, -0.2) is 0 Å². The Morgan fingerprint density at radius 2 is 1.83 bits per heavy atom. The molecule has 0 atom stereocenters. The molecule has 0 aliphatic heterocycles. The molecule has 2 N–H and O–H groups in total. The van der Waals surface area contributed by atoms with Gasteiger partial charge in [0.05, 0.1) is 10.7 Å². The summed E-state index contributed by atoms with van der Waals surface area (Å²) in [5.41, 5.74) is 7.87. The number of anilines is 1. The second-order valence-electron chi connectivity index (χ2n) is 4.15. The van der Waals surface area contributed by atoms with Crippen LogP contribution < -0.4 is 5.73 Å². The predicted octanol–water partition coefficient (Wildman–Crippen LogP) is 5.09. The second kappa shape index (κ2) is 6.31. The van der Waals surface area contributed by atoms with E-state index < -0.39 is 0 Å². The Balaban J connectivity index is 1.99. The molecule has 4 heteroatoms. The monoisotopic (exact) mass is 259 g/mol. The van der Waals surface area contributed by atoms with Crippen molar-refractivity contribution in [1.29, 1.82) is 0 Å². The van der Waals surface area contributed by atoms with Crippen LogP contribution in [-0.4, -0.2) is 0 Å². The van der Waals surface area contributed by atoms with Crippen molar-refractivity contribution in [3.05, 3.63) is 42.0 Å². The molecule has 0 saturated heterocycles. The molecule has 0 spiro atoms. The molecule has 0 radical (unpaired) electrons. The molecule has 94 valence electrons. The first kappa shape index (κ1) is 12.8. The molecule has 0 bridgehead atoms. The van der Waals surface area contributed by atoms with Crippen LogP contribution in [0.15, 0.2) is 46.6 Å². The normalized spacial score (nSPS) is 11.2. The van der Waals surface area contributed by atoms with Crippen molar-refractivity contribution in [3.63, 3.8) is 0 Å². The molecule has 0 saturated carbocycles. The Kier molecular flexibility index (Phi) is 4.47. The summed E-state index contributed by atoms with van der Waals surface area (Å²) in [6, 6.07) is 12.0. The fourth-order valence-corrected chi connectivity index (χ4v) is 2.21. The number of nitrogen functional groups attached to an aromatic ring is 1. The van der Waals surface area contributed by atoms with E-state index in [4.69, 9.17) is 5.73 Å². The molecule has 2 aromatic rings. The number of unbranched alkanes of at least 4 members (excludes halogenated alkanes) is 1. The summed E-state index contributed by atoms with van der Waals surface area (Å²) in [6.45, 7) is 2.20. The van der Waals surface area contributed by atoms with Gasteiger partial charge >= 0.3 is 0 Å². The fourth-order valence-electron chi connectivity index (χ4n) is 1.61. The lowest BCUT2D eigenvalue weighted by molar-refractivity contribution is 0.795. The molecule has 2 rings (SSSR count). The van der Waals surface area contributed by atoms with E-state index in [0.29, 0.717) is 0 Å². The lowest BCUT2D eigenvalue weighted by Gasteiger charge is -1.99. The highest BCUT2D eigenvalue weighted by molar-refractivity contribution is 7.19. The first-order valence-electron chi connectivity index (χ1n) is 6.14. The average molecular weight is 259 g/mol. The minimum Gasteiger partial charge on any atom is -0.391 e. The SMILES string of the molecule is CCCCc1ccc(N=Nc2ccc(N)s2)cc1. The summed E-state index contributed by atoms with van der Waals surface area (Å²) in [5, 5.41) is 9.94. The topological polar surface area (TPSA) is 50.7 Å². The zero-order chi connectivity index (χ0) is 12.8. The Hall–Kier alpha value is -1.68. The molecular weight excluding hydrogens is 242 g/mol. The lowest BCUT2D eigenvalue weighted by Crippen LogP contribution is -1.82. The van der Waals surface area contributed by atoms with E-state index in [9.17, 15) is 0 Å². The number of nitrogens with two attached hydrogens (primary N) is 1. The number of rotatable bonds is 5. The summed E-state index contributed by atoms with van der Waals surface area (Å²) in [6.07, 6.45) is 3.59. The van der Waals surface area contributed by atoms with Gasteiger partial charge in [0.1, 0.15) is 5.00 Å². The largest absolute Gasteiger partial charge is 0.391 e. The van der Waals surface area contributed by atoms with Gasteiger partial charge in [-0.15, -0.1) is 10.2 Å². The molecular formula is C14H17N3S. The first-order chi connectivity index (χ1) is 8.78. The van der Waals surface area contributed by atoms with Crippen LogP contribution in [0.2, 0.25) is 0 Å². The Morgan fingerprint density at radius 1 is 1.06 bits per heavy atom. The molecule has 0 amide bonds. The highest BCUT2D eigenvalue weighted by Crippen LogP contribution is 2.28. The predicted molar refractivity (Wildman–Crippen MR) is 78.0 cm³/mol. The number of thiophene rings is 1. The van der Waals surface area contributed by atoms with Crippen LogP contribution in [0.4, 0.5) is 15.7 Å². The molecule has 0 fully saturated rings. The van der Waals surface area contributed by atoms with Gasteiger partial charge in [0, 0.05) is 0 Å². The number of azo groups is 1. The summed E-state index contributed by atoms with van der Waals surface area (Å²) < 4.78 is 0. The number of hydrogen-bond acceptors (Lipinski definition) is 4. The Labute approximate surface area is 111 Å². The van der Waals surface area contributed by atoms with Gasteiger partial charge in [-0.3, -0.25) is 0 Å². The van der Waals surface area contributed by atoms with Crippen LogP contribution >= 0.6 is 11.3 Å². The van der Waals surface area contributed by atoms with Gasteiger partial charge in [-0.05, 0) is 42.7 Å². The van der Waals surface area contributed by atoms with Crippen molar-refractivity contribution in [1.82, 2.24) is 0 Å². The quantitative estimate of drug-likeness (QED) is 0.747. The van der Waals surface area contributed by atoms with E-state index in [1.54, 1.807) is 0 Å². The summed E-state index contributed by atoms with van der Waals surface area (Å²) in [5.74, 6) is 0. The maximum Gasteiger partial charge on any atom is 0.140 e. The number of aryl methyl sites for hydroxylation is 1. The van der Waals surface area contributed by atoms with Gasteiger partial charge in [0.2, 0.25) is 0 Å². The van der Waals surface area contributed by atoms with Crippen molar-refractivity contribution in [3.8, 4) is 0 Å². The standard InChI is InChI=1S/C14H17N3S/c1-2-3-4-11-5-7-12(8-6-11)16-17-14-10-9-13(15)18-14/h5-10H,2-4,15H2,1H3. The van der Waals surface area contributed by atoms with E-state index in [1.165, 1.54) is 29.7 Å². The Morgan fingerprint density at radius 3 is 2.44 bits per heavy atom. The van der Waals surface area contributed by atoms with E-state index in [0.717, 1.165) is 22.1 Å². The minimum atomic E-state index is 0.763. The van der Waals surface area contributed by atoms with Crippen molar-refractivity contribution >= 4 is 27.0 Å². The Bertz CT molecular complexity index is 514. The third-order valence-electron chi connectivity index (χ3n) is 2.63. The number of nitrogens with zero attached hydrogens (tertiary/aromatic N) is 2. The average Bonchev–Trinajstić information content (AvgIpc) is 2.81. The van der Waals surface area contributed by atoms with Gasteiger partial charge in [0.15, 0.2) is 0 Å². The molecule has 0 aliphatic rings.